The predicted molar refractivity (Wildman–Crippen MR) is 179 cm³/mol. The van der Waals surface area contributed by atoms with E-state index in [0.29, 0.717) is 56.4 Å². The number of benzene rings is 1. The number of fused-ring (bicyclic) bond motifs is 2. The Balaban J connectivity index is 1.17. The lowest BCUT2D eigenvalue weighted by Gasteiger charge is -2.41. The Morgan fingerprint density at radius 2 is 1.54 bits per heavy atom. The highest BCUT2D eigenvalue weighted by Crippen LogP contribution is 2.59. The predicted octanol–water partition coefficient (Wildman–Crippen LogP) is 3.09. The molecule has 13 nitrogen and oxygen atoms in total. The number of nitrogens with zero attached hydrogens (tertiary/aromatic N) is 4. The quantitative estimate of drug-likeness (QED) is 0.381. The van der Waals surface area contributed by atoms with Crippen molar-refractivity contribution in [3.63, 3.8) is 0 Å². The minimum atomic E-state index is -5.80. The second kappa shape index (κ2) is 14.3. The first-order chi connectivity index (χ1) is 23.7. The molecule has 17 heteroatoms. The highest BCUT2D eigenvalue weighted by atomic mass is 32.1. The number of rotatable bonds is 6. The molecule has 6 rings (SSSR count). The maximum atomic E-state index is 14.4. The first-order valence-electron chi connectivity index (χ1n) is 17.1. The molecule has 50 heavy (non-hydrogen) atoms. The summed E-state index contributed by atoms with van der Waals surface area (Å²) in [6.45, 7) is 3.95. The van der Waals surface area contributed by atoms with Crippen molar-refractivity contribution >= 4 is 58.6 Å². The van der Waals surface area contributed by atoms with E-state index in [1.807, 2.05) is 4.90 Å². The van der Waals surface area contributed by atoms with Crippen LogP contribution in [0.3, 0.4) is 0 Å². The molecular weight excluding hydrogens is 695 g/mol. The summed E-state index contributed by atoms with van der Waals surface area (Å²) in [5.74, 6) is -1.63. The van der Waals surface area contributed by atoms with E-state index in [4.69, 9.17) is 9.79 Å². The monoisotopic (exact) mass is 737 g/mol. The van der Waals surface area contributed by atoms with Gasteiger partial charge in [0, 0.05) is 68.4 Å². The molecule has 4 fully saturated rings. The highest BCUT2D eigenvalue weighted by Gasteiger charge is 2.51. The molecule has 0 spiro atoms. The molecular formula is C33H42F2N5O8PS. The average Bonchev–Trinajstić information content (AvgIpc) is 3.72. The molecule has 0 radical (unpaired) electrons. The molecule has 272 valence electrons. The van der Waals surface area contributed by atoms with Crippen molar-refractivity contribution in [3.05, 3.63) is 34.7 Å². The van der Waals surface area contributed by atoms with Gasteiger partial charge in [-0.3, -0.25) is 28.5 Å². The van der Waals surface area contributed by atoms with Crippen molar-refractivity contribution in [1.29, 1.82) is 0 Å². The summed E-state index contributed by atoms with van der Waals surface area (Å²) in [6.07, 6.45) is 5.73. The largest absolute Gasteiger partial charge is 0.399 e. The first kappa shape index (κ1) is 36.3. The summed E-state index contributed by atoms with van der Waals surface area (Å²) in [7, 11) is -5.80. The summed E-state index contributed by atoms with van der Waals surface area (Å²) in [6, 6.07) is 2.08. The second-order valence-corrected chi connectivity index (χ2v) is 16.4. The molecule has 0 saturated carbocycles. The second-order valence-electron chi connectivity index (χ2n) is 13.7. The summed E-state index contributed by atoms with van der Waals surface area (Å²) in [5, 5.41) is 2.87. The summed E-state index contributed by atoms with van der Waals surface area (Å²) >= 11 is 0.949. The normalized spacial score (nSPS) is 24.2. The van der Waals surface area contributed by atoms with Gasteiger partial charge >= 0.3 is 13.3 Å². The number of halogens is 2. The van der Waals surface area contributed by atoms with Gasteiger partial charge in [0.1, 0.15) is 12.1 Å². The Bertz CT molecular complexity index is 1720. The minimum Gasteiger partial charge on any atom is -0.342 e. The van der Waals surface area contributed by atoms with Crippen LogP contribution in [0.1, 0.15) is 73.5 Å². The number of likely N-dealkylation sites (tertiary alicyclic amines) is 2. The van der Waals surface area contributed by atoms with Crippen molar-refractivity contribution in [2.45, 2.75) is 82.1 Å². The highest BCUT2D eigenvalue weighted by molar-refractivity contribution is 7.52. The fraction of sp³-hybridized carbons (Fsp3) is 0.606. The number of piperidine rings is 2. The Kier molecular flexibility index (Phi) is 10.4. The van der Waals surface area contributed by atoms with E-state index in [0.717, 1.165) is 55.8 Å². The van der Waals surface area contributed by atoms with Gasteiger partial charge in [-0.2, -0.15) is 8.78 Å². The van der Waals surface area contributed by atoms with Crippen LogP contribution in [0, 0.1) is 5.92 Å². The van der Waals surface area contributed by atoms with Crippen LogP contribution in [0.4, 0.5) is 8.78 Å². The van der Waals surface area contributed by atoms with Gasteiger partial charge in [-0.05, 0) is 75.0 Å². The number of thiophene rings is 1. The lowest BCUT2D eigenvalue weighted by molar-refractivity contribution is -0.150. The molecule has 5 heterocycles. The van der Waals surface area contributed by atoms with Crippen LogP contribution in [-0.4, -0.2) is 116 Å². The van der Waals surface area contributed by atoms with Gasteiger partial charge in [0.15, 0.2) is 0 Å². The molecule has 3 atom stereocenters. The van der Waals surface area contributed by atoms with E-state index in [9.17, 15) is 37.3 Å². The molecule has 4 saturated heterocycles. The SMILES string of the molecule is CC(=O)N1CC[C@H]2CC[C@@H](C(=O)N3CCC(C(=O)N4CCCCC4)CC3)N2C(=O)[C@@H](NC(=O)c2cc3cc(C(F)(F)P(=O)(O)O)ccc3s2)C1. The lowest BCUT2D eigenvalue weighted by atomic mass is 9.93. The van der Waals surface area contributed by atoms with Crippen LogP contribution in [0.5, 0.6) is 0 Å². The number of alkyl halides is 2. The minimum absolute atomic E-state index is 0.0634. The standard InChI is InChI=1S/C33H42F2N5O8PS/c1-20(41)39-16-11-24-6-7-26(32(45)38-14-9-21(10-15-38)30(43)37-12-3-2-4-13-37)40(24)31(44)25(19-39)36-29(42)28-18-22-17-23(5-8-27(22)50-28)33(34,35)49(46,47)48/h5,8,17-18,21,24-26H,2-4,6-7,9-16,19H2,1H3,(H,36,42)(H2,46,47,48)/t24-,25+,26+/m1/s1. The summed E-state index contributed by atoms with van der Waals surface area (Å²) < 4.78 is 40.5. The van der Waals surface area contributed by atoms with Gasteiger partial charge in [-0.1, -0.05) is 6.07 Å². The van der Waals surface area contributed by atoms with E-state index in [2.05, 4.69) is 5.32 Å². The van der Waals surface area contributed by atoms with Crippen LogP contribution in [-0.2, 0) is 29.4 Å². The zero-order valence-electron chi connectivity index (χ0n) is 27.8. The number of hydrogen-bond acceptors (Lipinski definition) is 7. The van der Waals surface area contributed by atoms with Gasteiger partial charge in [-0.15, -0.1) is 11.3 Å². The third-order valence-corrected chi connectivity index (χ3v) is 12.6. The Labute approximate surface area is 292 Å². The first-order valence-corrected chi connectivity index (χ1v) is 19.5. The molecule has 2 aromatic rings. The smallest absolute Gasteiger partial charge is 0.342 e. The number of carbonyl (C=O) groups is 5. The van der Waals surface area contributed by atoms with Crippen LogP contribution in [0.2, 0.25) is 0 Å². The maximum Gasteiger partial charge on any atom is 0.399 e. The van der Waals surface area contributed by atoms with Crippen molar-refractivity contribution < 1.29 is 47.1 Å². The topological polar surface area (TPSA) is 168 Å². The number of hydrogen-bond donors (Lipinski definition) is 3. The molecule has 4 aliphatic rings. The van der Waals surface area contributed by atoms with Gasteiger partial charge < -0.3 is 34.7 Å². The molecule has 1 aromatic heterocycles. The number of nitrogens with one attached hydrogen (secondary N) is 1. The molecule has 0 aliphatic carbocycles. The molecule has 3 N–H and O–H groups in total. The van der Waals surface area contributed by atoms with Crippen LogP contribution in [0.15, 0.2) is 24.3 Å². The van der Waals surface area contributed by atoms with Gasteiger partial charge in [0.2, 0.25) is 23.6 Å². The summed E-state index contributed by atoms with van der Waals surface area (Å²) in [5.41, 5.74) is -5.32. The molecule has 0 bridgehead atoms. The van der Waals surface area contributed by atoms with Crippen LogP contribution < -0.4 is 5.32 Å². The van der Waals surface area contributed by atoms with Crippen LogP contribution >= 0.6 is 18.9 Å². The van der Waals surface area contributed by atoms with Crippen molar-refractivity contribution in [1.82, 2.24) is 24.9 Å². The van der Waals surface area contributed by atoms with Gasteiger partial charge in [0.05, 0.1) is 4.88 Å². The Morgan fingerprint density at radius 1 is 0.880 bits per heavy atom. The summed E-state index contributed by atoms with van der Waals surface area (Å²) in [4.78, 5) is 92.4. The zero-order valence-corrected chi connectivity index (χ0v) is 29.5. The molecule has 0 unspecified atom stereocenters. The molecule has 4 aliphatic heterocycles. The van der Waals surface area contributed by atoms with E-state index in [1.54, 1.807) is 9.80 Å². The van der Waals surface area contributed by atoms with E-state index >= 15 is 0 Å². The maximum absolute atomic E-state index is 14.4. The van der Waals surface area contributed by atoms with E-state index in [1.165, 1.54) is 24.0 Å². The van der Waals surface area contributed by atoms with E-state index in [-0.39, 0.29) is 46.5 Å². The number of carbonyl (C=O) groups excluding carboxylic acids is 5. The fourth-order valence-corrected chi connectivity index (χ4v) is 9.10. The third kappa shape index (κ3) is 7.17. The van der Waals surface area contributed by atoms with Gasteiger partial charge in [-0.25, -0.2) is 0 Å². The molecule has 5 amide bonds. The Hall–Kier alpha value is -3.46. The fourth-order valence-electron chi connectivity index (χ4n) is 7.68. The van der Waals surface area contributed by atoms with E-state index < -0.39 is 42.7 Å². The van der Waals surface area contributed by atoms with Gasteiger partial charge in [0.25, 0.3) is 5.91 Å². The van der Waals surface area contributed by atoms with Crippen molar-refractivity contribution in [2.24, 2.45) is 5.92 Å². The lowest BCUT2D eigenvalue weighted by Crippen LogP contribution is -2.61. The van der Waals surface area contributed by atoms with Crippen molar-refractivity contribution in [3.8, 4) is 0 Å². The Morgan fingerprint density at radius 3 is 2.20 bits per heavy atom. The van der Waals surface area contributed by atoms with Crippen LogP contribution in [0.25, 0.3) is 10.1 Å². The van der Waals surface area contributed by atoms with Crippen molar-refractivity contribution in [2.75, 3.05) is 39.3 Å². The average molecular weight is 738 g/mol. The molecule has 1 aromatic carbocycles. The third-order valence-electron chi connectivity index (χ3n) is 10.5. The number of amides is 5. The zero-order chi connectivity index (χ0) is 36.0.